The van der Waals surface area contributed by atoms with Gasteiger partial charge in [0.2, 0.25) is 0 Å². The number of hydrogen-bond donors (Lipinski definition) is 3. The lowest BCUT2D eigenvalue weighted by Gasteiger charge is -2.10. The van der Waals surface area contributed by atoms with E-state index in [1.54, 1.807) is 19.1 Å². The summed E-state index contributed by atoms with van der Waals surface area (Å²) in [5, 5.41) is 14.8. The number of nitrogens with zero attached hydrogens (tertiary/aromatic N) is 1. The van der Waals surface area contributed by atoms with E-state index in [1.807, 2.05) is 6.92 Å². The molecule has 9 heteroatoms. The number of amides is 2. The summed E-state index contributed by atoms with van der Waals surface area (Å²) in [7, 11) is 1.41. The van der Waals surface area contributed by atoms with Crippen LogP contribution in [-0.2, 0) is 14.4 Å². The molecule has 1 aromatic rings. The predicted molar refractivity (Wildman–Crippen MR) is 89.8 cm³/mol. The first-order valence-electron chi connectivity index (χ1n) is 7.53. The molecule has 0 aromatic heterocycles. The molecule has 0 fully saturated rings. The second-order valence-corrected chi connectivity index (χ2v) is 5.07. The van der Waals surface area contributed by atoms with E-state index in [2.05, 4.69) is 15.8 Å². The van der Waals surface area contributed by atoms with Crippen molar-refractivity contribution in [1.29, 1.82) is 0 Å². The number of carbonyl (C=O) groups excluding carboxylic acids is 2. The monoisotopic (exact) mass is 351 g/mol. The van der Waals surface area contributed by atoms with Crippen molar-refractivity contribution >= 4 is 24.0 Å². The first-order chi connectivity index (χ1) is 11.9. The van der Waals surface area contributed by atoms with Crippen molar-refractivity contribution in [3.05, 3.63) is 23.8 Å². The molecule has 1 rings (SSSR count). The molecule has 3 N–H and O–H groups in total. The fraction of sp³-hybridized carbons (Fsp3) is 0.375. The molecule has 0 saturated carbocycles. The molecule has 0 bridgehead atoms. The predicted octanol–water partition coefficient (Wildman–Crippen LogP) is 0.523. The lowest BCUT2D eigenvalue weighted by atomic mass is 10.2. The molecule has 136 valence electrons. The lowest BCUT2D eigenvalue weighted by Crippen LogP contribution is -2.41. The minimum absolute atomic E-state index is 0.107. The first kappa shape index (κ1) is 19.9. The Kier molecular flexibility index (Phi) is 7.91. The summed E-state index contributed by atoms with van der Waals surface area (Å²) < 4.78 is 10.2. The third-order valence-electron chi connectivity index (χ3n) is 3.11. The second-order valence-electron chi connectivity index (χ2n) is 5.07. The van der Waals surface area contributed by atoms with E-state index < -0.39 is 24.4 Å². The van der Waals surface area contributed by atoms with Gasteiger partial charge in [0.25, 0.3) is 0 Å². The van der Waals surface area contributed by atoms with Gasteiger partial charge in [-0.1, -0.05) is 6.92 Å². The number of carboxylic acids is 1. The van der Waals surface area contributed by atoms with Crippen LogP contribution in [0.25, 0.3) is 0 Å². The van der Waals surface area contributed by atoms with Crippen molar-refractivity contribution in [3.8, 4) is 11.5 Å². The van der Waals surface area contributed by atoms with Gasteiger partial charge in [0.05, 0.1) is 13.3 Å². The van der Waals surface area contributed by atoms with Crippen molar-refractivity contribution in [2.45, 2.75) is 26.3 Å². The van der Waals surface area contributed by atoms with Crippen LogP contribution in [0.1, 0.15) is 25.8 Å². The minimum atomic E-state index is -1.11. The topological polar surface area (TPSA) is 126 Å². The molecule has 0 radical (unpaired) electrons. The van der Waals surface area contributed by atoms with E-state index in [0.29, 0.717) is 17.7 Å². The summed E-state index contributed by atoms with van der Waals surface area (Å²) in [4.78, 5) is 33.6. The molecule has 0 heterocycles. The summed E-state index contributed by atoms with van der Waals surface area (Å²) in [6.45, 7) is 3.18. The van der Waals surface area contributed by atoms with Crippen molar-refractivity contribution in [2.75, 3.05) is 13.7 Å². The van der Waals surface area contributed by atoms with Crippen LogP contribution in [0.5, 0.6) is 11.5 Å². The second kappa shape index (κ2) is 9.91. The Morgan fingerprint density at radius 1 is 1.28 bits per heavy atom. The van der Waals surface area contributed by atoms with Crippen molar-refractivity contribution in [3.63, 3.8) is 0 Å². The number of hydrazone groups is 1. The molecule has 1 atom stereocenters. The molecular formula is C16H21N3O6. The number of aliphatic carboxylic acids is 1. The molecular weight excluding hydrogens is 330 g/mol. The van der Waals surface area contributed by atoms with Crippen LogP contribution in [0, 0.1) is 0 Å². The van der Waals surface area contributed by atoms with Crippen LogP contribution in [0.2, 0.25) is 0 Å². The Morgan fingerprint density at radius 2 is 2.00 bits per heavy atom. The quantitative estimate of drug-likeness (QED) is 0.356. The van der Waals surface area contributed by atoms with Gasteiger partial charge < -0.3 is 19.9 Å². The van der Waals surface area contributed by atoms with Gasteiger partial charge in [-0.25, -0.2) is 10.2 Å². The fourth-order valence-corrected chi connectivity index (χ4v) is 1.63. The Bertz CT molecular complexity index is 659. The first-order valence-corrected chi connectivity index (χ1v) is 7.53. The number of carbonyl (C=O) groups is 3. The summed E-state index contributed by atoms with van der Waals surface area (Å²) in [6, 6.07) is 4.55. The zero-order valence-corrected chi connectivity index (χ0v) is 14.2. The molecule has 0 aliphatic carbocycles. The summed E-state index contributed by atoms with van der Waals surface area (Å²) in [5.41, 5.74) is 2.68. The molecule has 0 saturated heterocycles. The molecule has 25 heavy (non-hydrogen) atoms. The number of hydrogen-bond acceptors (Lipinski definition) is 6. The maximum atomic E-state index is 11.6. The number of ether oxygens (including phenoxy) is 2. The van der Waals surface area contributed by atoms with Crippen LogP contribution in [0.3, 0.4) is 0 Å². The summed E-state index contributed by atoms with van der Waals surface area (Å²) in [5.74, 6) is -2.16. The molecule has 0 aliphatic rings. The number of carboxylic acid groups (broad SMARTS) is 1. The van der Waals surface area contributed by atoms with E-state index in [1.165, 1.54) is 19.4 Å². The van der Waals surface area contributed by atoms with E-state index in [-0.39, 0.29) is 11.8 Å². The maximum absolute atomic E-state index is 11.6. The molecule has 0 aliphatic heterocycles. The smallest absolute Gasteiger partial charge is 0.341 e. The highest BCUT2D eigenvalue weighted by atomic mass is 16.5. The summed E-state index contributed by atoms with van der Waals surface area (Å²) in [6.07, 6.45) is 2.02. The number of benzene rings is 1. The number of rotatable bonds is 8. The highest BCUT2D eigenvalue weighted by Gasteiger charge is 2.14. The standard InChI is InChI=1S/C16H21N3O6/c1-4-10(2)18-15(22)16(23)19-17-8-11-5-6-12(13(7-11)24-3)25-9-14(20)21/h5-8,10H,4,9H2,1-3H3,(H,18,22)(H,19,23)(H,20,21)/b17-8-/t10-/m0/s1. The average Bonchev–Trinajstić information content (AvgIpc) is 2.59. The molecule has 0 unspecified atom stereocenters. The van der Waals surface area contributed by atoms with Gasteiger partial charge >= 0.3 is 17.8 Å². The Hall–Kier alpha value is -3.10. The van der Waals surface area contributed by atoms with Crippen LogP contribution in [-0.4, -0.2) is 48.9 Å². The number of nitrogens with one attached hydrogen (secondary N) is 2. The number of methoxy groups -OCH3 is 1. The summed E-state index contributed by atoms with van der Waals surface area (Å²) >= 11 is 0. The van der Waals surface area contributed by atoms with Crippen molar-refractivity contribution in [2.24, 2.45) is 5.10 Å². The zero-order chi connectivity index (χ0) is 18.8. The van der Waals surface area contributed by atoms with Gasteiger partial charge in [-0.05, 0) is 37.1 Å². The molecule has 0 spiro atoms. The third kappa shape index (κ3) is 6.90. The third-order valence-corrected chi connectivity index (χ3v) is 3.11. The van der Waals surface area contributed by atoms with Crippen LogP contribution < -0.4 is 20.2 Å². The van der Waals surface area contributed by atoms with E-state index >= 15 is 0 Å². The Labute approximate surface area is 145 Å². The van der Waals surface area contributed by atoms with Crippen molar-refractivity contribution in [1.82, 2.24) is 10.7 Å². The van der Waals surface area contributed by atoms with Gasteiger partial charge in [0.1, 0.15) is 0 Å². The Morgan fingerprint density at radius 3 is 2.60 bits per heavy atom. The van der Waals surface area contributed by atoms with Gasteiger partial charge in [0.15, 0.2) is 18.1 Å². The minimum Gasteiger partial charge on any atom is -0.493 e. The maximum Gasteiger partial charge on any atom is 0.341 e. The highest BCUT2D eigenvalue weighted by Crippen LogP contribution is 2.27. The van der Waals surface area contributed by atoms with Crippen molar-refractivity contribution < 1.29 is 29.0 Å². The largest absolute Gasteiger partial charge is 0.493 e. The zero-order valence-electron chi connectivity index (χ0n) is 14.2. The van der Waals surface area contributed by atoms with E-state index in [9.17, 15) is 14.4 Å². The van der Waals surface area contributed by atoms with Gasteiger partial charge in [0, 0.05) is 6.04 Å². The highest BCUT2D eigenvalue weighted by molar-refractivity contribution is 6.35. The van der Waals surface area contributed by atoms with Gasteiger partial charge in [-0.3, -0.25) is 9.59 Å². The van der Waals surface area contributed by atoms with Crippen LogP contribution >= 0.6 is 0 Å². The van der Waals surface area contributed by atoms with E-state index in [0.717, 1.165) is 0 Å². The molecule has 1 aromatic carbocycles. The van der Waals surface area contributed by atoms with Gasteiger partial charge in [-0.15, -0.1) is 0 Å². The van der Waals surface area contributed by atoms with Gasteiger partial charge in [-0.2, -0.15) is 5.10 Å². The molecule has 9 nitrogen and oxygen atoms in total. The normalized spacial score (nSPS) is 11.6. The Balaban J connectivity index is 2.66. The van der Waals surface area contributed by atoms with Crippen LogP contribution in [0.15, 0.2) is 23.3 Å². The van der Waals surface area contributed by atoms with Crippen LogP contribution in [0.4, 0.5) is 0 Å². The van der Waals surface area contributed by atoms with E-state index in [4.69, 9.17) is 14.6 Å². The average molecular weight is 351 g/mol. The lowest BCUT2D eigenvalue weighted by molar-refractivity contribution is -0.139. The SMILES string of the molecule is CC[C@H](C)NC(=O)C(=O)N/N=C\c1ccc(OCC(=O)O)c(OC)c1. The fourth-order valence-electron chi connectivity index (χ4n) is 1.63. The molecule has 2 amide bonds.